The first kappa shape index (κ1) is 31.2. The smallest absolute Gasteiger partial charge is 0.211 e. The van der Waals surface area contributed by atoms with Crippen molar-refractivity contribution in [3.05, 3.63) is 70.8 Å². The highest BCUT2D eigenvalue weighted by Crippen LogP contribution is 2.43. The van der Waals surface area contributed by atoms with E-state index in [4.69, 9.17) is 4.74 Å². The Bertz CT molecular complexity index is 1450. The van der Waals surface area contributed by atoms with Crippen LogP contribution in [0.2, 0.25) is 0 Å². The van der Waals surface area contributed by atoms with E-state index in [-0.39, 0.29) is 46.5 Å². The van der Waals surface area contributed by atoms with E-state index in [2.05, 4.69) is 21.9 Å². The summed E-state index contributed by atoms with van der Waals surface area (Å²) in [4.78, 5) is 5.98. The van der Waals surface area contributed by atoms with Crippen LogP contribution in [0.4, 0.5) is 24.5 Å². The molecule has 7 nitrogen and oxygen atoms in total. The number of aliphatic imine (C=N–C) groups is 1. The highest BCUT2D eigenvalue weighted by molar-refractivity contribution is 7.88. The Hall–Kier alpha value is -3.31. The summed E-state index contributed by atoms with van der Waals surface area (Å²) in [5, 5.41) is 2.89. The molecule has 40 heavy (non-hydrogen) atoms. The summed E-state index contributed by atoms with van der Waals surface area (Å²) in [7, 11) is -2.13. The Labute approximate surface area is 235 Å². The molecular weight excluding hydrogens is 541 g/mol. The lowest BCUT2D eigenvalue weighted by Crippen LogP contribution is -2.50. The first-order valence-corrected chi connectivity index (χ1v) is 14.7. The Morgan fingerprint density at radius 1 is 1.27 bits per heavy atom. The van der Waals surface area contributed by atoms with Crippen LogP contribution in [0.1, 0.15) is 52.2 Å². The molecule has 1 unspecified atom stereocenters. The molecule has 1 aliphatic heterocycles. The number of halogens is 3. The van der Waals surface area contributed by atoms with E-state index >= 15 is 4.39 Å². The lowest BCUT2D eigenvalue weighted by molar-refractivity contribution is 0.0959. The molecule has 0 spiro atoms. The zero-order valence-corrected chi connectivity index (χ0v) is 24.8. The number of hydrogen-bond donors (Lipinski definition) is 1. The van der Waals surface area contributed by atoms with Crippen molar-refractivity contribution in [2.24, 2.45) is 4.99 Å². The minimum absolute atomic E-state index is 0.0670. The van der Waals surface area contributed by atoms with Crippen LogP contribution in [-0.4, -0.2) is 50.9 Å². The zero-order chi connectivity index (χ0) is 30.0. The molecule has 1 N–H and O–H groups in total. The normalized spacial score (nSPS) is 16.7. The van der Waals surface area contributed by atoms with Crippen molar-refractivity contribution >= 4 is 33.7 Å². The second-order valence-corrected chi connectivity index (χ2v) is 12.7. The molecular formula is C29H37F3N4O3S. The van der Waals surface area contributed by atoms with E-state index in [0.29, 0.717) is 12.2 Å². The predicted octanol–water partition coefficient (Wildman–Crippen LogP) is 6.49. The maximum atomic E-state index is 15.4. The summed E-state index contributed by atoms with van der Waals surface area (Å²) in [6.45, 7) is 13.0. The van der Waals surface area contributed by atoms with Gasteiger partial charge in [-0.15, -0.1) is 0 Å². The molecule has 2 aromatic rings. The number of sulfonamides is 1. The fourth-order valence-corrected chi connectivity index (χ4v) is 4.74. The highest BCUT2D eigenvalue weighted by Gasteiger charge is 2.36. The largest absolute Gasteiger partial charge is 0.481 e. The third-order valence-corrected chi connectivity index (χ3v) is 8.07. The van der Waals surface area contributed by atoms with Crippen molar-refractivity contribution in [3.63, 3.8) is 0 Å². The number of hydrogen-bond acceptors (Lipinski definition) is 6. The van der Waals surface area contributed by atoms with Gasteiger partial charge in [-0.05, 0) is 76.7 Å². The van der Waals surface area contributed by atoms with Gasteiger partial charge >= 0.3 is 0 Å². The molecule has 0 aromatic heterocycles. The van der Waals surface area contributed by atoms with Gasteiger partial charge in [0.05, 0.1) is 18.5 Å². The fraction of sp³-hybridized carbons (Fsp3) is 0.414. The Morgan fingerprint density at radius 2 is 1.95 bits per heavy atom. The van der Waals surface area contributed by atoms with Gasteiger partial charge in [0.2, 0.25) is 10.0 Å². The van der Waals surface area contributed by atoms with Gasteiger partial charge in [0.1, 0.15) is 23.1 Å². The molecule has 0 saturated carbocycles. The lowest BCUT2D eigenvalue weighted by Gasteiger charge is -2.44. The quantitative estimate of drug-likeness (QED) is 0.258. The van der Waals surface area contributed by atoms with E-state index in [9.17, 15) is 17.2 Å². The summed E-state index contributed by atoms with van der Waals surface area (Å²) >= 11 is 0. The topological polar surface area (TPSA) is 74.2 Å². The monoisotopic (exact) mass is 578 g/mol. The Kier molecular flexibility index (Phi) is 9.41. The van der Waals surface area contributed by atoms with Gasteiger partial charge in [-0.1, -0.05) is 13.0 Å². The summed E-state index contributed by atoms with van der Waals surface area (Å²) in [5.74, 6) is -1.61. The molecule has 11 heteroatoms. The van der Waals surface area contributed by atoms with Gasteiger partial charge in [0.15, 0.2) is 11.6 Å². The summed E-state index contributed by atoms with van der Waals surface area (Å²) in [6, 6.07) is 7.17. The van der Waals surface area contributed by atoms with Crippen LogP contribution in [0.15, 0.2) is 53.0 Å². The number of ether oxygens (including phenoxy) is 1. The third kappa shape index (κ3) is 7.25. The van der Waals surface area contributed by atoms with Crippen LogP contribution in [0.25, 0.3) is 5.57 Å². The number of benzene rings is 2. The van der Waals surface area contributed by atoms with Crippen LogP contribution in [0.3, 0.4) is 0 Å². The van der Waals surface area contributed by atoms with Crippen molar-refractivity contribution in [3.8, 4) is 5.75 Å². The number of nitrogens with zero attached hydrogens (tertiary/aromatic N) is 3. The van der Waals surface area contributed by atoms with Crippen molar-refractivity contribution in [1.82, 2.24) is 4.31 Å². The number of allylic oxidation sites excluding steroid dienone is 3. The number of anilines is 2. The molecule has 1 heterocycles. The molecule has 3 rings (SSSR count). The van der Waals surface area contributed by atoms with Gasteiger partial charge in [0.25, 0.3) is 0 Å². The van der Waals surface area contributed by atoms with Crippen LogP contribution < -0.4 is 15.0 Å². The maximum Gasteiger partial charge on any atom is 0.211 e. The van der Waals surface area contributed by atoms with Crippen LogP contribution in [0, 0.1) is 11.6 Å². The van der Waals surface area contributed by atoms with Crippen molar-refractivity contribution in [2.75, 3.05) is 30.1 Å². The average molecular weight is 579 g/mol. The van der Waals surface area contributed by atoms with Crippen molar-refractivity contribution in [2.45, 2.75) is 59.2 Å². The molecule has 0 radical (unpaired) electrons. The minimum atomic E-state index is -3.48. The summed E-state index contributed by atoms with van der Waals surface area (Å²) < 4.78 is 75.4. The molecule has 2 aromatic carbocycles. The second kappa shape index (κ2) is 12.1. The average Bonchev–Trinajstić information content (AvgIpc) is 2.86. The van der Waals surface area contributed by atoms with E-state index in [1.165, 1.54) is 38.2 Å². The van der Waals surface area contributed by atoms with E-state index in [1.807, 2.05) is 27.7 Å². The Balaban J connectivity index is 1.97. The van der Waals surface area contributed by atoms with Crippen molar-refractivity contribution in [1.29, 1.82) is 0 Å². The minimum Gasteiger partial charge on any atom is -0.481 e. The number of nitrogens with one attached hydrogen (secondary N) is 1. The predicted molar refractivity (Wildman–Crippen MR) is 156 cm³/mol. The molecule has 0 aliphatic carbocycles. The molecule has 0 fully saturated rings. The van der Waals surface area contributed by atoms with Gasteiger partial charge < -0.3 is 15.0 Å². The van der Waals surface area contributed by atoms with E-state index in [0.717, 1.165) is 17.0 Å². The van der Waals surface area contributed by atoms with Crippen LogP contribution in [-0.2, 0) is 16.6 Å². The van der Waals surface area contributed by atoms with Crippen LogP contribution in [0.5, 0.6) is 5.75 Å². The highest BCUT2D eigenvalue weighted by atomic mass is 32.2. The first-order chi connectivity index (χ1) is 18.6. The summed E-state index contributed by atoms with van der Waals surface area (Å²) in [5.41, 5.74) is 0.735. The van der Waals surface area contributed by atoms with Crippen LogP contribution >= 0.6 is 0 Å². The van der Waals surface area contributed by atoms with Gasteiger partial charge in [-0.25, -0.2) is 30.9 Å². The summed E-state index contributed by atoms with van der Waals surface area (Å²) in [6.07, 6.45) is 3.23. The Morgan fingerprint density at radius 3 is 2.50 bits per heavy atom. The van der Waals surface area contributed by atoms with E-state index in [1.54, 1.807) is 12.1 Å². The van der Waals surface area contributed by atoms with Gasteiger partial charge in [0, 0.05) is 36.5 Å². The van der Waals surface area contributed by atoms with Gasteiger partial charge in [-0.3, -0.25) is 0 Å². The molecule has 0 saturated heterocycles. The van der Waals surface area contributed by atoms with Gasteiger partial charge in [-0.2, -0.15) is 0 Å². The zero-order valence-electron chi connectivity index (χ0n) is 24.0. The number of rotatable bonds is 10. The number of fused-ring (bicyclic) bond motifs is 1. The fourth-order valence-electron chi connectivity index (χ4n) is 4.36. The molecule has 0 bridgehead atoms. The first-order valence-electron chi connectivity index (χ1n) is 12.9. The second-order valence-electron chi connectivity index (χ2n) is 10.6. The molecule has 218 valence electrons. The molecule has 1 aliphatic rings. The molecule has 0 amide bonds. The maximum absolute atomic E-state index is 15.4. The lowest BCUT2D eigenvalue weighted by atomic mass is 9.98. The molecule has 1 atom stereocenters. The van der Waals surface area contributed by atoms with E-state index < -0.39 is 33.1 Å². The standard InChI is InChI=1S/C29H37F3N4O3S/c1-9-18(2)36-17-29(4,5)39-28-25(32)12-21(13-26(28)36)23(19(3)30)15-27(33-6)34-22-11-10-20(24(31)14-22)16-35(7)40(8,37)38/h10-15,18,34H,6,9,16-17H2,1-5,7-8H3/b23-19-,27-15+. The third-order valence-electron chi connectivity index (χ3n) is 6.80. The SMILES string of the molecule is C=N/C(=C\C(=C(/C)F)c1cc(F)c2c(c1)N(C(C)CC)CC(C)(C)O2)Nc1ccc(CN(C)S(C)(=O)=O)c(F)c1. The van der Waals surface area contributed by atoms with Crippen molar-refractivity contribution < 1.29 is 26.3 Å².